The molecule has 0 aliphatic carbocycles. The Morgan fingerprint density at radius 2 is 1.82 bits per heavy atom. The lowest BCUT2D eigenvalue weighted by molar-refractivity contribution is 0.0952. The Kier molecular flexibility index (Phi) is 7.76. The zero-order valence-electron chi connectivity index (χ0n) is 18.9. The summed E-state index contributed by atoms with van der Waals surface area (Å²) in [4.78, 5) is 19.7. The molecule has 0 saturated carbocycles. The highest BCUT2D eigenvalue weighted by atomic mass is 35.5. The van der Waals surface area contributed by atoms with E-state index in [-0.39, 0.29) is 5.91 Å². The van der Waals surface area contributed by atoms with Crippen molar-refractivity contribution in [2.45, 2.75) is 25.9 Å². The Balaban J connectivity index is 1.35. The second-order valence-corrected chi connectivity index (χ2v) is 8.73. The van der Waals surface area contributed by atoms with E-state index in [2.05, 4.69) is 38.9 Å². The lowest BCUT2D eigenvalue weighted by Gasteiger charge is -2.16. The molecule has 0 atom stereocenters. The first kappa shape index (κ1) is 23.0. The van der Waals surface area contributed by atoms with E-state index >= 15 is 0 Å². The van der Waals surface area contributed by atoms with Gasteiger partial charge in [-0.2, -0.15) is 0 Å². The van der Waals surface area contributed by atoms with Gasteiger partial charge in [-0.1, -0.05) is 48.0 Å². The Morgan fingerprint density at radius 3 is 2.61 bits per heavy atom. The van der Waals surface area contributed by atoms with Crippen LogP contribution >= 0.6 is 11.6 Å². The Bertz CT molecular complexity index is 1190. The molecule has 0 bridgehead atoms. The molecule has 1 N–H and O–H groups in total. The molecule has 4 rings (SSSR count). The maximum Gasteiger partial charge on any atom is 0.253 e. The Morgan fingerprint density at radius 1 is 1.03 bits per heavy atom. The molecule has 2 heterocycles. The van der Waals surface area contributed by atoms with Crippen molar-refractivity contribution in [1.29, 1.82) is 0 Å². The van der Waals surface area contributed by atoms with E-state index < -0.39 is 0 Å². The number of aromatic nitrogens is 2. The largest absolute Gasteiger partial charge is 0.348 e. The minimum atomic E-state index is -0.0626. The van der Waals surface area contributed by atoms with Crippen LogP contribution in [0.25, 0.3) is 10.9 Å². The monoisotopic (exact) mass is 460 g/mol. The van der Waals surface area contributed by atoms with Crippen LogP contribution in [0.2, 0.25) is 5.02 Å². The number of hydrogen-bond donors (Lipinski definition) is 1. The molecule has 2 aromatic carbocycles. The standard InChI is InChI=1S/C27H29ClN4O/c1-31(18-14-23-7-4-5-15-29-23)16-6-17-32-20-25(24-8-2-3-9-26(24)32)27(33)30-19-21-10-12-22(28)13-11-21/h2-5,7-13,15,20H,6,14,16-19H2,1H3,(H,30,33). The summed E-state index contributed by atoms with van der Waals surface area (Å²) in [5.74, 6) is -0.0626. The van der Waals surface area contributed by atoms with Gasteiger partial charge in [-0.3, -0.25) is 9.78 Å². The number of rotatable bonds is 10. The summed E-state index contributed by atoms with van der Waals surface area (Å²) in [7, 11) is 2.15. The summed E-state index contributed by atoms with van der Waals surface area (Å²) >= 11 is 5.95. The van der Waals surface area contributed by atoms with Crippen LogP contribution in [0.15, 0.2) is 79.1 Å². The molecule has 170 valence electrons. The number of likely N-dealkylation sites (N-methyl/N-ethyl adjacent to an activating group) is 1. The number of nitrogens with one attached hydrogen (secondary N) is 1. The smallest absolute Gasteiger partial charge is 0.253 e. The van der Waals surface area contributed by atoms with Gasteiger partial charge < -0.3 is 14.8 Å². The van der Waals surface area contributed by atoms with Crippen molar-refractivity contribution in [3.8, 4) is 0 Å². The third-order valence-electron chi connectivity index (χ3n) is 5.81. The molecule has 6 heteroatoms. The van der Waals surface area contributed by atoms with E-state index in [1.165, 1.54) is 0 Å². The summed E-state index contributed by atoms with van der Waals surface area (Å²) in [6.07, 6.45) is 5.77. The topological polar surface area (TPSA) is 50.2 Å². The highest BCUT2D eigenvalue weighted by molar-refractivity contribution is 6.30. The molecule has 5 nitrogen and oxygen atoms in total. The van der Waals surface area contributed by atoms with Crippen LogP contribution in [0.4, 0.5) is 0 Å². The van der Waals surface area contributed by atoms with Gasteiger partial charge in [0.25, 0.3) is 5.91 Å². The van der Waals surface area contributed by atoms with Crippen LogP contribution in [0.1, 0.15) is 28.0 Å². The number of nitrogens with zero attached hydrogens (tertiary/aromatic N) is 3. The van der Waals surface area contributed by atoms with Gasteiger partial charge in [0.2, 0.25) is 0 Å². The van der Waals surface area contributed by atoms with Crippen LogP contribution in [0.3, 0.4) is 0 Å². The van der Waals surface area contributed by atoms with Crippen LogP contribution in [-0.4, -0.2) is 40.5 Å². The quantitative estimate of drug-likeness (QED) is 0.354. The SMILES string of the molecule is CN(CCCn1cc(C(=O)NCc2ccc(Cl)cc2)c2ccccc21)CCc1ccccn1. The van der Waals surface area contributed by atoms with Crippen molar-refractivity contribution >= 4 is 28.4 Å². The fourth-order valence-corrected chi connectivity index (χ4v) is 4.09. The van der Waals surface area contributed by atoms with E-state index in [1.807, 2.05) is 67.0 Å². The Hall–Kier alpha value is -3.15. The fraction of sp³-hybridized carbons (Fsp3) is 0.259. The summed E-state index contributed by atoms with van der Waals surface area (Å²) in [6, 6.07) is 21.7. The number of carbonyl (C=O) groups excluding carboxylic acids is 1. The van der Waals surface area contributed by atoms with E-state index in [9.17, 15) is 4.79 Å². The second kappa shape index (κ2) is 11.1. The normalized spacial score (nSPS) is 11.2. The number of amides is 1. The summed E-state index contributed by atoms with van der Waals surface area (Å²) < 4.78 is 2.19. The molecule has 0 spiro atoms. The van der Waals surface area contributed by atoms with Gasteiger partial charge in [0.05, 0.1) is 5.56 Å². The molecule has 0 radical (unpaired) electrons. The highest BCUT2D eigenvalue weighted by Crippen LogP contribution is 2.22. The maximum atomic E-state index is 12.9. The lowest BCUT2D eigenvalue weighted by atomic mass is 10.1. The molecule has 0 fully saturated rings. The van der Waals surface area contributed by atoms with Crippen molar-refractivity contribution < 1.29 is 4.79 Å². The molecule has 4 aromatic rings. The first-order chi connectivity index (χ1) is 16.1. The Labute approximate surface area is 200 Å². The molecule has 0 unspecified atom stereocenters. The van der Waals surface area contributed by atoms with Crippen molar-refractivity contribution in [3.63, 3.8) is 0 Å². The minimum absolute atomic E-state index is 0.0626. The van der Waals surface area contributed by atoms with Crippen molar-refractivity contribution in [1.82, 2.24) is 19.8 Å². The van der Waals surface area contributed by atoms with Gasteiger partial charge in [0.1, 0.15) is 0 Å². The zero-order chi connectivity index (χ0) is 23.0. The van der Waals surface area contributed by atoms with Crippen LogP contribution < -0.4 is 5.32 Å². The molecule has 0 saturated heterocycles. The fourth-order valence-electron chi connectivity index (χ4n) is 3.97. The van der Waals surface area contributed by atoms with Gasteiger partial charge in [0.15, 0.2) is 0 Å². The maximum absolute atomic E-state index is 12.9. The number of para-hydroxylation sites is 1. The van der Waals surface area contributed by atoms with Crippen LogP contribution in [0, 0.1) is 0 Å². The predicted molar refractivity (Wildman–Crippen MR) is 135 cm³/mol. The van der Waals surface area contributed by atoms with Crippen molar-refractivity contribution in [2.75, 3.05) is 20.1 Å². The van der Waals surface area contributed by atoms with E-state index in [0.717, 1.165) is 54.6 Å². The van der Waals surface area contributed by atoms with E-state index in [4.69, 9.17) is 11.6 Å². The van der Waals surface area contributed by atoms with Crippen molar-refractivity contribution in [3.05, 3.63) is 101 Å². The molecule has 2 aromatic heterocycles. The minimum Gasteiger partial charge on any atom is -0.348 e. The average Bonchev–Trinajstić information content (AvgIpc) is 3.22. The van der Waals surface area contributed by atoms with Gasteiger partial charge in [-0.25, -0.2) is 0 Å². The second-order valence-electron chi connectivity index (χ2n) is 8.29. The number of fused-ring (bicyclic) bond motifs is 1. The molecule has 0 aliphatic heterocycles. The number of halogens is 1. The van der Waals surface area contributed by atoms with Gasteiger partial charge in [-0.15, -0.1) is 0 Å². The molecular formula is C27H29ClN4O. The molecule has 0 aliphatic rings. The number of carbonyl (C=O) groups is 1. The number of benzene rings is 2. The first-order valence-electron chi connectivity index (χ1n) is 11.3. The first-order valence-corrected chi connectivity index (χ1v) is 11.7. The molecule has 1 amide bonds. The van der Waals surface area contributed by atoms with Gasteiger partial charge >= 0.3 is 0 Å². The van der Waals surface area contributed by atoms with Crippen LogP contribution in [-0.2, 0) is 19.5 Å². The van der Waals surface area contributed by atoms with Gasteiger partial charge in [-0.05, 0) is 55.9 Å². The third-order valence-corrected chi connectivity index (χ3v) is 6.07. The van der Waals surface area contributed by atoms with E-state index in [1.54, 1.807) is 0 Å². The summed E-state index contributed by atoms with van der Waals surface area (Å²) in [5, 5.41) is 4.71. The lowest BCUT2D eigenvalue weighted by Crippen LogP contribution is -2.23. The average molecular weight is 461 g/mol. The van der Waals surface area contributed by atoms with E-state index in [0.29, 0.717) is 17.1 Å². The van der Waals surface area contributed by atoms with Crippen LogP contribution in [0.5, 0.6) is 0 Å². The third kappa shape index (κ3) is 6.21. The zero-order valence-corrected chi connectivity index (χ0v) is 19.6. The number of hydrogen-bond acceptors (Lipinski definition) is 3. The van der Waals surface area contributed by atoms with Crippen molar-refractivity contribution in [2.24, 2.45) is 0 Å². The summed E-state index contributed by atoms with van der Waals surface area (Å²) in [6.45, 7) is 3.29. The van der Waals surface area contributed by atoms with Gasteiger partial charge in [0, 0.05) is 60.1 Å². The molecule has 33 heavy (non-hydrogen) atoms. The number of aryl methyl sites for hydroxylation is 1. The molecular weight excluding hydrogens is 432 g/mol. The number of pyridine rings is 1. The predicted octanol–water partition coefficient (Wildman–Crippen LogP) is 5.18. The summed E-state index contributed by atoms with van der Waals surface area (Å²) in [5.41, 5.74) is 3.94. The highest BCUT2D eigenvalue weighted by Gasteiger charge is 2.15.